The van der Waals surface area contributed by atoms with Gasteiger partial charge in [0.15, 0.2) is 0 Å². The van der Waals surface area contributed by atoms with E-state index in [1.165, 1.54) is 25.7 Å². The standard InChI is InChI=1S/C29H40S2Si/c1-17-14-23-21(20-10-7-6-8-11-20)12-9-13-22(23)28(17)32(4,5)29-26-24(15-18(2)30-26)25-16-19(3)31-27(25)29/h6-8,10-11,15-17,21-29H,9,12-14H2,1-5H3. The second-order valence-electron chi connectivity index (χ2n) is 12.2. The lowest BCUT2D eigenvalue weighted by atomic mass is 9.71. The van der Waals surface area contributed by atoms with Crippen molar-refractivity contribution >= 4 is 31.6 Å². The van der Waals surface area contributed by atoms with Crippen molar-refractivity contribution in [1.29, 1.82) is 0 Å². The van der Waals surface area contributed by atoms with Crippen molar-refractivity contribution in [2.45, 2.75) is 87.0 Å². The molecule has 0 nitrogen and oxygen atoms in total. The molecule has 9 unspecified atom stereocenters. The fourth-order valence-corrected chi connectivity index (χ4v) is 20.5. The van der Waals surface area contributed by atoms with Crippen molar-refractivity contribution in [3.63, 3.8) is 0 Å². The molecule has 3 fully saturated rings. The SMILES string of the molecule is CC1=CC2C3C=C(C)SC3C([Si](C)(C)C3C(C)CC4C(c5ccccc5)CCCC43)C2S1. The highest BCUT2D eigenvalue weighted by Crippen LogP contribution is 2.69. The molecule has 3 aliphatic carbocycles. The molecule has 1 aromatic rings. The number of benzene rings is 1. The second kappa shape index (κ2) is 8.09. The van der Waals surface area contributed by atoms with Gasteiger partial charge in [-0.15, -0.1) is 23.5 Å². The highest BCUT2D eigenvalue weighted by molar-refractivity contribution is 8.05. The van der Waals surface area contributed by atoms with Gasteiger partial charge in [-0.05, 0) is 88.7 Å². The van der Waals surface area contributed by atoms with Gasteiger partial charge in [0, 0.05) is 10.5 Å². The summed E-state index contributed by atoms with van der Waals surface area (Å²) in [5, 5.41) is 1.73. The van der Waals surface area contributed by atoms with Gasteiger partial charge in [-0.25, -0.2) is 0 Å². The molecule has 3 heteroatoms. The minimum atomic E-state index is -1.48. The quantitative estimate of drug-likeness (QED) is 0.396. The summed E-state index contributed by atoms with van der Waals surface area (Å²) in [6, 6.07) is 11.6. The maximum atomic E-state index is 2.84. The first-order chi connectivity index (χ1) is 15.4. The van der Waals surface area contributed by atoms with Crippen LogP contribution in [0.25, 0.3) is 0 Å². The van der Waals surface area contributed by atoms with Gasteiger partial charge in [-0.2, -0.15) is 0 Å². The Bertz CT molecular complexity index is 902. The van der Waals surface area contributed by atoms with Crippen molar-refractivity contribution in [2.24, 2.45) is 29.6 Å². The minimum Gasteiger partial charge on any atom is -0.127 e. The molecule has 172 valence electrons. The van der Waals surface area contributed by atoms with E-state index < -0.39 is 8.07 Å². The summed E-state index contributed by atoms with van der Waals surface area (Å²) in [5.74, 6) is 5.24. The van der Waals surface area contributed by atoms with Gasteiger partial charge >= 0.3 is 0 Å². The zero-order valence-corrected chi connectivity index (χ0v) is 23.1. The molecule has 9 atom stereocenters. The fraction of sp³-hybridized carbons (Fsp3) is 0.655. The van der Waals surface area contributed by atoms with Gasteiger partial charge in [-0.3, -0.25) is 0 Å². The highest BCUT2D eigenvalue weighted by atomic mass is 32.2. The molecule has 2 aliphatic heterocycles. The number of fused-ring (bicyclic) bond motifs is 4. The third-order valence-electron chi connectivity index (χ3n) is 10.2. The Balaban J connectivity index is 1.33. The Labute approximate surface area is 205 Å². The van der Waals surface area contributed by atoms with Crippen LogP contribution in [-0.4, -0.2) is 18.6 Å². The van der Waals surface area contributed by atoms with Crippen LogP contribution in [0.15, 0.2) is 52.3 Å². The Kier molecular flexibility index (Phi) is 5.59. The lowest BCUT2D eigenvalue weighted by Crippen LogP contribution is -2.48. The Hall–Kier alpha value is -0.383. The Morgan fingerprint density at radius 1 is 0.812 bits per heavy atom. The van der Waals surface area contributed by atoms with Crippen molar-refractivity contribution in [3.8, 4) is 0 Å². The Morgan fingerprint density at radius 3 is 2.06 bits per heavy atom. The molecule has 6 rings (SSSR count). The van der Waals surface area contributed by atoms with Crippen LogP contribution in [-0.2, 0) is 0 Å². The number of hydrogen-bond acceptors (Lipinski definition) is 2. The average molecular weight is 481 g/mol. The maximum absolute atomic E-state index is 2.84. The molecule has 0 bridgehead atoms. The molecular formula is C29H40S2Si. The third-order valence-corrected chi connectivity index (χ3v) is 18.6. The van der Waals surface area contributed by atoms with E-state index in [1.807, 2.05) is 0 Å². The third kappa shape index (κ3) is 3.31. The minimum absolute atomic E-state index is 0.808. The summed E-state index contributed by atoms with van der Waals surface area (Å²) in [4.78, 5) is 3.21. The molecule has 1 aromatic carbocycles. The molecule has 3 saturated carbocycles. The molecule has 2 heterocycles. The largest absolute Gasteiger partial charge is 0.127 e. The molecule has 0 saturated heterocycles. The smallest absolute Gasteiger partial charge is 0.0566 e. The number of hydrogen-bond donors (Lipinski definition) is 0. The fourth-order valence-electron chi connectivity index (χ4n) is 9.42. The van der Waals surface area contributed by atoms with Crippen molar-refractivity contribution in [3.05, 3.63) is 57.9 Å². The maximum Gasteiger partial charge on any atom is 0.0566 e. The monoisotopic (exact) mass is 480 g/mol. The first kappa shape index (κ1) is 22.1. The van der Waals surface area contributed by atoms with Crippen LogP contribution in [0, 0.1) is 29.6 Å². The van der Waals surface area contributed by atoms with Gasteiger partial charge in [0.1, 0.15) is 0 Å². The average Bonchev–Trinajstić information content (AvgIpc) is 3.46. The van der Waals surface area contributed by atoms with Gasteiger partial charge in [0.25, 0.3) is 0 Å². The van der Waals surface area contributed by atoms with Gasteiger partial charge in [-0.1, -0.05) is 75.3 Å². The molecular weight excluding hydrogens is 441 g/mol. The van der Waals surface area contributed by atoms with E-state index in [1.54, 1.807) is 15.4 Å². The van der Waals surface area contributed by atoms with Crippen molar-refractivity contribution < 1.29 is 0 Å². The summed E-state index contributed by atoms with van der Waals surface area (Å²) >= 11 is 4.54. The zero-order chi connectivity index (χ0) is 22.2. The lowest BCUT2D eigenvalue weighted by Gasteiger charge is -2.47. The topological polar surface area (TPSA) is 0 Å². The van der Waals surface area contributed by atoms with Crippen LogP contribution < -0.4 is 0 Å². The normalized spacial score (nSPS) is 45.3. The summed E-state index contributed by atoms with van der Waals surface area (Å²) in [5.41, 5.74) is 3.59. The van der Waals surface area contributed by atoms with Crippen LogP contribution in [0.1, 0.15) is 57.9 Å². The molecule has 0 N–H and O–H groups in total. The number of allylic oxidation sites excluding steroid dienone is 4. The van der Waals surface area contributed by atoms with E-state index in [4.69, 9.17) is 0 Å². The summed E-state index contributed by atoms with van der Waals surface area (Å²) in [7, 11) is -1.48. The van der Waals surface area contributed by atoms with Gasteiger partial charge in [0.2, 0.25) is 0 Å². The van der Waals surface area contributed by atoms with Crippen LogP contribution in [0.4, 0.5) is 0 Å². The van der Waals surface area contributed by atoms with Crippen molar-refractivity contribution in [2.75, 3.05) is 0 Å². The molecule has 0 amide bonds. The predicted molar refractivity (Wildman–Crippen MR) is 146 cm³/mol. The van der Waals surface area contributed by atoms with Crippen LogP contribution in [0.2, 0.25) is 24.2 Å². The van der Waals surface area contributed by atoms with Crippen molar-refractivity contribution in [1.82, 2.24) is 0 Å². The van der Waals surface area contributed by atoms with Crippen LogP contribution >= 0.6 is 23.5 Å². The number of rotatable bonds is 3. The predicted octanol–water partition coefficient (Wildman–Crippen LogP) is 8.96. The Morgan fingerprint density at radius 2 is 1.44 bits per heavy atom. The van der Waals surface area contributed by atoms with E-state index >= 15 is 0 Å². The molecule has 0 aromatic heterocycles. The van der Waals surface area contributed by atoms with E-state index in [-0.39, 0.29) is 0 Å². The summed E-state index contributed by atoms with van der Waals surface area (Å²) in [6.07, 6.45) is 11.2. The van der Waals surface area contributed by atoms with Gasteiger partial charge < -0.3 is 0 Å². The van der Waals surface area contributed by atoms with E-state index in [9.17, 15) is 0 Å². The van der Waals surface area contributed by atoms with E-state index in [0.717, 1.165) is 57.1 Å². The van der Waals surface area contributed by atoms with Crippen LogP contribution in [0.3, 0.4) is 0 Å². The molecule has 0 radical (unpaired) electrons. The van der Waals surface area contributed by atoms with Gasteiger partial charge in [0.05, 0.1) is 8.07 Å². The van der Waals surface area contributed by atoms with E-state index in [0.29, 0.717) is 0 Å². The molecule has 32 heavy (non-hydrogen) atoms. The zero-order valence-electron chi connectivity index (χ0n) is 20.5. The van der Waals surface area contributed by atoms with E-state index in [2.05, 4.69) is 99.9 Å². The molecule has 0 spiro atoms. The highest BCUT2D eigenvalue weighted by Gasteiger charge is 2.63. The lowest BCUT2D eigenvalue weighted by molar-refractivity contribution is 0.236. The first-order valence-corrected chi connectivity index (χ1v) is 18.0. The summed E-state index contributed by atoms with van der Waals surface area (Å²) < 4.78 is 0. The second-order valence-corrected chi connectivity index (χ2v) is 20.1. The number of thioether (sulfide) groups is 2. The molecule has 5 aliphatic rings. The first-order valence-electron chi connectivity index (χ1n) is 13.1. The summed E-state index contributed by atoms with van der Waals surface area (Å²) in [6.45, 7) is 13.1. The van der Waals surface area contributed by atoms with Crippen LogP contribution in [0.5, 0.6) is 0 Å².